The van der Waals surface area contributed by atoms with Gasteiger partial charge in [0.1, 0.15) is 5.82 Å². The van der Waals surface area contributed by atoms with Gasteiger partial charge >= 0.3 is 5.69 Å². The maximum Gasteiger partial charge on any atom is 0.372 e. The third kappa shape index (κ3) is 4.64. The van der Waals surface area contributed by atoms with Gasteiger partial charge < -0.3 is 10.1 Å². The second-order valence-corrected chi connectivity index (χ2v) is 5.02. The van der Waals surface area contributed by atoms with Crippen LogP contribution >= 0.6 is 0 Å². The molecule has 0 bridgehead atoms. The first-order valence-electron chi connectivity index (χ1n) is 6.85. The predicted octanol–water partition coefficient (Wildman–Crippen LogP) is 2.94. The summed E-state index contributed by atoms with van der Waals surface area (Å²) in [5.74, 6) is 0.986. The van der Waals surface area contributed by atoms with Gasteiger partial charge in [-0.1, -0.05) is 27.2 Å². The molecule has 0 aromatic carbocycles. The van der Waals surface area contributed by atoms with Crippen molar-refractivity contribution >= 4 is 11.5 Å². The van der Waals surface area contributed by atoms with Gasteiger partial charge in [-0.2, -0.15) is 4.98 Å². The summed E-state index contributed by atoms with van der Waals surface area (Å²) in [5.41, 5.74) is -0.188. The topological polar surface area (TPSA) is 90.2 Å². The van der Waals surface area contributed by atoms with E-state index in [1.807, 2.05) is 13.8 Å². The molecule has 1 heterocycles. The van der Waals surface area contributed by atoms with Gasteiger partial charge in [-0.05, 0) is 19.3 Å². The Kier molecular flexibility index (Phi) is 6.14. The van der Waals surface area contributed by atoms with Crippen molar-refractivity contribution < 1.29 is 9.66 Å². The van der Waals surface area contributed by atoms with Crippen molar-refractivity contribution in [2.24, 2.45) is 5.92 Å². The number of anilines is 1. The van der Waals surface area contributed by atoms with Crippen LogP contribution in [0.1, 0.15) is 39.4 Å². The van der Waals surface area contributed by atoms with Crippen LogP contribution in [0, 0.1) is 23.0 Å². The highest BCUT2D eigenvalue weighted by Gasteiger charge is 2.25. The molecular weight excluding hydrogens is 260 g/mol. The molecule has 0 aliphatic carbocycles. The number of nitrogens with zero attached hydrogens (tertiary/aromatic N) is 3. The van der Waals surface area contributed by atoms with Crippen molar-refractivity contribution in [2.75, 3.05) is 18.5 Å². The highest BCUT2D eigenvalue weighted by atomic mass is 16.6. The summed E-state index contributed by atoms with van der Waals surface area (Å²) in [6.07, 6.45) is 1.92. The molecule has 7 nitrogen and oxygen atoms in total. The Morgan fingerprint density at radius 2 is 2.10 bits per heavy atom. The number of nitro groups is 1. The van der Waals surface area contributed by atoms with Crippen molar-refractivity contribution in [1.29, 1.82) is 0 Å². The van der Waals surface area contributed by atoms with Crippen molar-refractivity contribution in [3.63, 3.8) is 0 Å². The molecule has 0 atom stereocenters. The van der Waals surface area contributed by atoms with Crippen molar-refractivity contribution in [1.82, 2.24) is 9.97 Å². The summed E-state index contributed by atoms with van der Waals surface area (Å²) >= 11 is 0. The molecule has 7 heteroatoms. The molecule has 0 fully saturated rings. The average molecular weight is 282 g/mol. The van der Waals surface area contributed by atoms with E-state index in [9.17, 15) is 10.1 Å². The summed E-state index contributed by atoms with van der Waals surface area (Å²) in [7, 11) is 0. The molecule has 1 N–H and O–H groups in total. The monoisotopic (exact) mass is 282 g/mol. The first-order valence-corrected chi connectivity index (χ1v) is 6.85. The number of hydrogen-bond acceptors (Lipinski definition) is 6. The third-order valence-corrected chi connectivity index (χ3v) is 2.52. The van der Waals surface area contributed by atoms with Crippen LogP contribution in [-0.4, -0.2) is 28.0 Å². The van der Waals surface area contributed by atoms with E-state index in [2.05, 4.69) is 22.2 Å². The molecule has 0 aliphatic rings. The van der Waals surface area contributed by atoms with E-state index in [0.717, 1.165) is 12.8 Å². The van der Waals surface area contributed by atoms with Crippen LogP contribution in [0.25, 0.3) is 0 Å². The van der Waals surface area contributed by atoms with Crippen LogP contribution in [0.3, 0.4) is 0 Å². The summed E-state index contributed by atoms with van der Waals surface area (Å²) in [5, 5.41) is 14.2. The highest BCUT2D eigenvalue weighted by Crippen LogP contribution is 2.32. The highest BCUT2D eigenvalue weighted by molar-refractivity contribution is 5.61. The van der Waals surface area contributed by atoms with E-state index in [4.69, 9.17) is 4.74 Å². The van der Waals surface area contributed by atoms with Gasteiger partial charge in [0.2, 0.25) is 5.82 Å². The fourth-order valence-electron chi connectivity index (χ4n) is 1.56. The number of hydrogen-bond donors (Lipinski definition) is 1. The molecule has 0 spiro atoms. The second-order valence-electron chi connectivity index (χ2n) is 5.02. The lowest BCUT2D eigenvalue weighted by Gasteiger charge is -2.11. The first kappa shape index (κ1) is 16.1. The molecule has 0 saturated heterocycles. The minimum Gasteiger partial charge on any atom is -0.472 e. The summed E-state index contributed by atoms with van der Waals surface area (Å²) in [4.78, 5) is 18.9. The van der Waals surface area contributed by atoms with Gasteiger partial charge in [-0.25, -0.2) is 4.98 Å². The fourth-order valence-corrected chi connectivity index (χ4v) is 1.56. The molecule has 0 aliphatic heterocycles. The molecule has 112 valence electrons. The maximum atomic E-state index is 11.2. The first-order chi connectivity index (χ1) is 9.45. The third-order valence-electron chi connectivity index (χ3n) is 2.52. The molecule has 1 rings (SSSR count). The van der Waals surface area contributed by atoms with Crippen molar-refractivity contribution in [3.8, 4) is 5.88 Å². The van der Waals surface area contributed by atoms with Crippen LogP contribution in [-0.2, 0) is 0 Å². The smallest absolute Gasteiger partial charge is 0.372 e. The summed E-state index contributed by atoms with van der Waals surface area (Å²) < 4.78 is 5.45. The van der Waals surface area contributed by atoms with E-state index in [1.54, 1.807) is 6.92 Å². The Bertz CT molecular complexity index is 463. The van der Waals surface area contributed by atoms with Gasteiger partial charge in [-0.3, -0.25) is 10.1 Å². The molecule has 1 aromatic rings. The Morgan fingerprint density at radius 3 is 2.65 bits per heavy atom. The predicted molar refractivity (Wildman–Crippen MR) is 77.2 cm³/mol. The Hall–Kier alpha value is -1.92. The van der Waals surface area contributed by atoms with Crippen LogP contribution in [0.15, 0.2) is 0 Å². The lowest BCUT2D eigenvalue weighted by molar-refractivity contribution is -0.385. The Morgan fingerprint density at radius 1 is 1.40 bits per heavy atom. The quantitative estimate of drug-likeness (QED) is 0.448. The van der Waals surface area contributed by atoms with Gasteiger partial charge in [0, 0.05) is 6.54 Å². The van der Waals surface area contributed by atoms with E-state index in [-0.39, 0.29) is 23.3 Å². The lowest BCUT2D eigenvalue weighted by atomic mass is 10.2. The zero-order valence-electron chi connectivity index (χ0n) is 12.5. The van der Waals surface area contributed by atoms with Gasteiger partial charge in [0.15, 0.2) is 0 Å². The van der Waals surface area contributed by atoms with Crippen molar-refractivity contribution in [2.45, 2.75) is 40.5 Å². The van der Waals surface area contributed by atoms with Crippen molar-refractivity contribution in [3.05, 3.63) is 15.9 Å². The normalized spacial score (nSPS) is 10.7. The summed E-state index contributed by atoms with van der Waals surface area (Å²) in [6, 6.07) is 0. The van der Waals surface area contributed by atoms with Crippen LogP contribution < -0.4 is 10.1 Å². The van der Waals surface area contributed by atoms with E-state index < -0.39 is 4.92 Å². The molecule has 0 unspecified atom stereocenters. The largest absolute Gasteiger partial charge is 0.472 e. The molecule has 20 heavy (non-hydrogen) atoms. The second kappa shape index (κ2) is 7.62. The molecule has 1 aromatic heterocycles. The zero-order chi connectivity index (χ0) is 15.1. The molecule has 0 amide bonds. The maximum absolute atomic E-state index is 11.2. The summed E-state index contributed by atoms with van der Waals surface area (Å²) in [6.45, 7) is 8.71. The minimum atomic E-state index is -0.497. The number of nitrogens with one attached hydrogen (secondary N) is 1. The van der Waals surface area contributed by atoms with Crippen LogP contribution in [0.5, 0.6) is 5.88 Å². The number of rotatable bonds is 8. The number of aryl methyl sites for hydroxylation is 1. The number of unbranched alkanes of at least 4 members (excludes halogenated alkanes) is 1. The fraction of sp³-hybridized carbons (Fsp3) is 0.692. The van der Waals surface area contributed by atoms with Crippen LogP contribution in [0.4, 0.5) is 11.5 Å². The van der Waals surface area contributed by atoms with Crippen LogP contribution in [0.2, 0.25) is 0 Å². The minimum absolute atomic E-state index is 0.0372. The van der Waals surface area contributed by atoms with E-state index >= 15 is 0 Å². The number of ether oxygens (including phenoxy) is 1. The van der Waals surface area contributed by atoms with Gasteiger partial charge in [0.05, 0.1) is 11.5 Å². The standard InChI is InChI=1S/C13H22N4O3/c1-5-6-7-14-12-11(17(18)19)13(16-10(4)15-12)20-8-9(2)3/h9H,5-8H2,1-4H3,(H,14,15,16). The molecular formula is C13H22N4O3. The van der Waals surface area contributed by atoms with E-state index in [0.29, 0.717) is 19.0 Å². The van der Waals surface area contributed by atoms with Gasteiger partial charge in [-0.15, -0.1) is 0 Å². The zero-order valence-corrected chi connectivity index (χ0v) is 12.5. The number of aromatic nitrogens is 2. The van der Waals surface area contributed by atoms with E-state index in [1.165, 1.54) is 0 Å². The Labute approximate surface area is 118 Å². The SMILES string of the molecule is CCCCNc1nc(C)nc(OCC(C)C)c1[N+](=O)[O-]. The lowest BCUT2D eigenvalue weighted by Crippen LogP contribution is -2.12. The van der Waals surface area contributed by atoms with Gasteiger partial charge in [0.25, 0.3) is 5.88 Å². The molecule has 0 saturated carbocycles. The molecule has 0 radical (unpaired) electrons. The Balaban J connectivity index is 3.04. The average Bonchev–Trinajstić information content (AvgIpc) is 2.35.